The number of benzene rings is 2. The Morgan fingerprint density at radius 2 is 1.92 bits per heavy atom. The second-order valence-electron chi connectivity index (χ2n) is 5.53. The van der Waals surface area contributed by atoms with Crippen molar-refractivity contribution in [1.82, 2.24) is 4.98 Å². The molecular weight excluding hydrogens is 412 g/mol. The number of anilines is 1. The van der Waals surface area contributed by atoms with Crippen LogP contribution in [0.2, 0.25) is 0 Å². The fourth-order valence-electron chi connectivity index (χ4n) is 2.28. The average Bonchev–Trinajstić information content (AvgIpc) is 3.09. The predicted molar refractivity (Wildman–Crippen MR) is 110 cm³/mol. The normalized spacial score (nSPS) is 10.8. The number of amides is 1. The Hall–Kier alpha value is -2.44. The van der Waals surface area contributed by atoms with Gasteiger partial charge in [-0.15, -0.1) is 11.3 Å². The summed E-state index contributed by atoms with van der Waals surface area (Å²) in [7, 11) is 1.62. The molecule has 4 nitrogen and oxygen atoms in total. The Balaban J connectivity index is 1.56. The van der Waals surface area contributed by atoms with E-state index >= 15 is 0 Å². The highest BCUT2D eigenvalue weighted by Crippen LogP contribution is 2.22. The molecule has 3 rings (SSSR count). The molecule has 1 heterocycles. The standard InChI is InChI=1S/C20H17BrN2O2S/c1-25-17-9-4-14(5-10-17)6-11-19(24)23-20-22-13-18(26-20)12-15-2-7-16(21)8-3-15/h2-11,13H,12H2,1H3,(H,22,23,24). The largest absolute Gasteiger partial charge is 0.497 e. The molecule has 3 aromatic rings. The molecule has 0 saturated carbocycles. The van der Waals surface area contributed by atoms with Gasteiger partial charge in [-0.2, -0.15) is 0 Å². The molecule has 0 saturated heterocycles. The molecule has 0 aliphatic heterocycles. The van der Waals surface area contributed by atoms with Gasteiger partial charge in [0.1, 0.15) is 5.75 Å². The Morgan fingerprint density at radius 1 is 1.19 bits per heavy atom. The molecular formula is C20H17BrN2O2S. The first-order chi connectivity index (χ1) is 12.6. The van der Waals surface area contributed by atoms with Crippen LogP contribution in [0.3, 0.4) is 0 Å². The van der Waals surface area contributed by atoms with Crippen LogP contribution in [-0.2, 0) is 11.2 Å². The second kappa shape index (κ2) is 8.78. The van der Waals surface area contributed by atoms with E-state index in [1.54, 1.807) is 19.4 Å². The van der Waals surface area contributed by atoms with Gasteiger partial charge in [0.15, 0.2) is 5.13 Å². The van der Waals surface area contributed by atoms with Crippen molar-refractivity contribution < 1.29 is 9.53 Å². The minimum atomic E-state index is -0.203. The summed E-state index contributed by atoms with van der Waals surface area (Å²) >= 11 is 4.91. The number of rotatable bonds is 6. The smallest absolute Gasteiger partial charge is 0.250 e. The van der Waals surface area contributed by atoms with Crippen molar-refractivity contribution in [2.45, 2.75) is 6.42 Å². The van der Waals surface area contributed by atoms with Crippen molar-refractivity contribution in [2.75, 3.05) is 12.4 Å². The van der Waals surface area contributed by atoms with Gasteiger partial charge in [0.25, 0.3) is 0 Å². The number of carbonyl (C=O) groups is 1. The summed E-state index contributed by atoms with van der Waals surface area (Å²) in [5.74, 6) is 0.582. The molecule has 6 heteroatoms. The van der Waals surface area contributed by atoms with Crippen LogP contribution < -0.4 is 10.1 Å². The number of aromatic nitrogens is 1. The summed E-state index contributed by atoms with van der Waals surface area (Å²) in [6.45, 7) is 0. The highest BCUT2D eigenvalue weighted by Gasteiger charge is 2.05. The van der Waals surface area contributed by atoms with Crippen LogP contribution in [0.15, 0.2) is 65.3 Å². The van der Waals surface area contributed by atoms with E-state index in [9.17, 15) is 4.79 Å². The molecule has 26 heavy (non-hydrogen) atoms. The lowest BCUT2D eigenvalue weighted by Crippen LogP contribution is -2.07. The van der Waals surface area contributed by atoms with E-state index in [-0.39, 0.29) is 5.91 Å². The Bertz CT molecular complexity index is 902. The zero-order valence-electron chi connectivity index (χ0n) is 14.1. The van der Waals surface area contributed by atoms with Crippen LogP contribution in [0.25, 0.3) is 6.08 Å². The topological polar surface area (TPSA) is 51.2 Å². The highest BCUT2D eigenvalue weighted by molar-refractivity contribution is 9.10. The lowest BCUT2D eigenvalue weighted by atomic mass is 10.1. The van der Waals surface area contributed by atoms with Gasteiger partial charge in [0, 0.05) is 28.0 Å². The van der Waals surface area contributed by atoms with Crippen molar-refractivity contribution >= 4 is 44.4 Å². The Kier molecular flexibility index (Phi) is 6.20. The van der Waals surface area contributed by atoms with Gasteiger partial charge in [-0.05, 0) is 41.5 Å². The van der Waals surface area contributed by atoms with Crippen LogP contribution in [-0.4, -0.2) is 18.0 Å². The molecule has 0 fully saturated rings. The van der Waals surface area contributed by atoms with Crippen LogP contribution in [0, 0.1) is 0 Å². The van der Waals surface area contributed by atoms with E-state index in [0.29, 0.717) is 5.13 Å². The second-order valence-corrected chi connectivity index (χ2v) is 7.56. The first kappa shape index (κ1) is 18.4. The fraction of sp³-hybridized carbons (Fsp3) is 0.100. The van der Waals surface area contributed by atoms with Gasteiger partial charge >= 0.3 is 0 Å². The number of methoxy groups -OCH3 is 1. The number of ether oxygens (including phenoxy) is 1. The molecule has 2 aromatic carbocycles. The first-order valence-electron chi connectivity index (χ1n) is 7.94. The highest BCUT2D eigenvalue weighted by atomic mass is 79.9. The minimum Gasteiger partial charge on any atom is -0.497 e. The first-order valence-corrected chi connectivity index (χ1v) is 9.55. The lowest BCUT2D eigenvalue weighted by molar-refractivity contribution is -0.111. The average molecular weight is 429 g/mol. The number of halogens is 1. The summed E-state index contributed by atoms with van der Waals surface area (Å²) in [5, 5.41) is 3.40. The molecule has 1 aromatic heterocycles. The van der Waals surface area contributed by atoms with Crippen LogP contribution in [0.4, 0.5) is 5.13 Å². The third-order valence-electron chi connectivity index (χ3n) is 3.62. The summed E-state index contributed by atoms with van der Waals surface area (Å²) < 4.78 is 6.17. The van der Waals surface area contributed by atoms with Crippen molar-refractivity contribution in [3.05, 3.63) is 81.3 Å². The van der Waals surface area contributed by atoms with E-state index in [4.69, 9.17) is 4.74 Å². The van der Waals surface area contributed by atoms with Crippen LogP contribution >= 0.6 is 27.3 Å². The third-order valence-corrected chi connectivity index (χ3v) is 5.06. The summed E-state index contributed by atoms with van der Waals surface area (Å²) in [4.78, 5) is 17.4. The van der Waals surface area contributed by atoms with E-state index < -0.39 is 0 Å². The maximum Gasteiger partial charge on any atom is 0.250 e. The molecule has 132 valence electrons. The molecule has 0 bridgehead atoms. The number of nitrogens with one attached hydrogen (secondary N) is 1. The maximum absolute atomic E-state index is 12.1. The summed E-state index contributed by atoms with van der Waals surface area (Å²) in [6.07, 6.45) is 5.85. The van der Waals surface area contributed by atoms with Gasteiger partial charge in [-0.3, -0.25) is 10.1 Å². The van der Waals surface area contributed by atoms with E-state index in [1.165, 1.54) is 23.0 Å². The number of hydrogen-bond acceptors (Lipinski definition) is 4. The van der Waals surface area contributed by atoms with Gasteiger partial charge in [-0.1, -0.05) is 40.2 Å². The molecule has 0 aliphatic carbocycles. The van der Waals surface area contributed by atoms with Gasteiger partial charge < -0.3 is 4.74 Å². The summed E-state index contributed by atoms with van der Waals surface area (Å²) in [6, 6.07) is 15.7. The monoisotopic (exact) mass is 428 g/mol. The van der Waals surface area contributed by atoms with E-state index in [1.807, 2.05) is 36.4 Å². The maximum atomic E-state index is 12.1. The zero-order chi connectivity index (χ0) is 18.4. The Morgan fingerprint density at radius 3 is 2.62 bits per heavy atom. The van der Waals surface area contributed by atoms with Crippen molar-refractivity contribution in [3.8, 4) is 5.75 Å². The Labute approximate surface area is 164 Å². The number of nitrogens with zero attached hydrogens (tertiary/aromatic N) is 1. The van der Waals surface area contributed by atoms with E-state index in [2.05, 4.69) is 38.4 Å². The zero-order valence-corrected chi connectivity index (χ0v) is 16.5. The molecule has 0 spiro atoms. The van der Waals surface area contributed by atoms with Gasteiger partial charge in [0.05, 0.1) is 7.11 Å². The fourth-order valence-corrected chi connectivity index (χ4v) is 3.40. The van der Waals surface area contributed by atoms with Crippen molar-refractivity contribution in [1.29, 1.82) is 0 Å². The lowest BCUT2D eigenvalue weighted by Gasteiger charge is -1.99. The number of hydrogen-bond donors (Lipinski definition) is 1. The predicted octanol–water partition coefficient (Wildman–Crippen LogP) is 5.16. The van der Waals surface area contributed by atoms with Gasteiger partial charge in [0.2, 0.25) is 5.91 Å². The number of carbonyl (C=O) groups excluding carboxylic acids is 1. The molecule has 0 atom stereocenters. The minimum absolute atomic E-state index is 0.203. The molecule has 1 amide bonds. The van der Waals surface area contributed by atoms with E-state index in [0.717, 1.165) is 27.1 Å². The summed E-state index contributed by atoms with van der Waals surface area (Å²) in [5.41, 5.74) is 2.13. The quantitative estimate of drug-likeness (QED) is 0.551. The van der Waals surface area contributed by atoms with Crippen molar-refractivity contribution in [2.24, 2.45) is 0 Å². The molecule has 1 N–H and O–H groups in total. The molecule has 0 radical (unpaired) electrons. The van der Waals surface area contributed by atoms with Gasteiger partial charge in [-0.25, -0.2) is 4.98 Å². The number of thiazole rings is 1. The van der Waals surface area contributed by atoms with Crippen LogP contribution in [0.5, 0.6) is 5.75 Å². The van der Waals surface area contributed by atoms with Crippen molar-refractivity contribution in [3.63, 3.8) is 0 Å². The SMILES string of the molecule is COc1ccc(C=CC(=O)Nc2ncc(Cc3ccc(Br)cc3)s2)cc1. The third kappa shape index (κ3) is 5.28. The molecule has 0 aliphatic rings. The van der Waals surface area contributed by atoms with Crippen LogP contribution in [0.1, 0.15) is 16.0 Å². The molecule has 0 unspecified atom stereocenters.